The van der Waals surface area contributed by atoms with Crippen molar-refractivity contribution in [3.05, 3.63) is 52.9 Å². The van der Waals surface area contributed by atoms with Gasteiger partial charge in [-0.25, -0.2) is 0 Å². The van der Waals surface area contributed by atoms with Gasteiger partial charge in [0, 0.05) is 25.2 Å². The molecule has 0 saturated heterocycles. The van der Waals surface area contributed by atoms with E-state index in [2.05, 4.69) is 36.0 Å². The number of hydrogen-bond acceptors (Lipinski definition) is 8. The second-order valence-corrected chi connectivity index (χ2v) is 7.41. The molecule has 0 unspecified atom stereocenters. The van der Waals surface area contributed by atoms with Crippen molar-refractivity contribution in [1.82, 2.24) is 25.4 Å². The average molecular weight is 411 g/mol. The standard InChI is InChI=1S/C19H21N7O2S/c1-13(27)21-19-26-25-18(29-19)8-3-2-6-14-9-10-16(24-23-14)22-17(28)12-15-7-4-5-11-20-15/h4-5,7,9-11H,2-3,6,8,12H2,1H3,(H,21,26,27)(H,22,24,28). The summed E-state index contributed by atoms with van der Waals surface area (Å²) in [5.74, 6) is 0.0955. The highest BCUT2D eigenvalue weighted by molar-refractivity contribution is 7.15. The minimum Gasteiger partial charge on any atom is -0.309 e. The van der Waals surface area contributed by atoms with E-state index >= 15 is 0 Å². The molecule has 0 radical (unpaired) electrons. The molecule has 0 aliphatic carbocycles. The zero-order chi connectivity index (χ0) is 20.5. The van der Waals surface area contributed by atoms with Crippen molar-refractivity contribution >= 4 is 34.1 Å². The summed E-state index contributed by atoms with van der Waals surface area (Å²) in [6.07, 6.45) is 5.29. The first-order chi connectivity index (χ1) is 14.1. The Kier molecular flexibility index (Phi) is 7.28. The molecule has 0 fully saturated rings. The summed E-state index contributed by atoms with van der Waals surface area (Å²) < 4.78 is 0. The maximum absolute atomic E-state index is 12.0. The smallest absolute Gasteiger partial charge is 0.231 e. The number of nitrogens with one attached hydrogen (secondary N) is 2. The summed E-state index contributed by atoms with van der Waals surface area (Å²) in [6.45, 7) is 1.44. The molecule has 3 heterocycles. The van der Waals surface area contributed by atoms with Crippen molar-refractivity contribution in [2.75, 3.05) is 10.6 Å². The Balaban J connectivity index is 1.38. The third-order valence-corrected chi connectivity index (χ3v) is 4.78. The van der Waals surface area contributed by atoms with Gasteiger partial charge in [-0.1, -0.05) is 17.4 Å². The average Bonchev–Trinajstić information content (AvgIpc) is 3.14. The maximum atomic E-state index is 12.0. The van der Waals surface area contributed by atoms with Crippen molar-refractivity contribution in [2.45, 2.75) is 39.0 Å². The van der Waals surface area contributed by atoms with Crippen LogP contribution in [0.15, 0.2) is 36.5 Å². The lowest BCUT2D eigenvalue weighted by molar-refractivity contribution is -0.116. The van der Waals surface area contributed by atoms with Gasteiger partial charge in [0.15, 0.2) is 5.82 Å². The molecule has 0 aliphatic heterocycles. The van der Waals surface area contributed by atoms with Gasteiger partial charge in [-0.05, 0) is 43.5 Å². The van der Waals surface area contributed by atoms with Crippen LogP contribution in [0.1, 0.15) is 36.2 Å². The molecule has 29 heavy (non-hydrogen) atoms. The van der Waals surface area contributed by atoms with E-state index in [0.29, 0.717) is 16.6 Å². The second kappa shape index (κ2) is 10.3. The van der Waals surface area contributed by atoms with E-state index in [1.54, 1.807) is 18.3 Å². The third-order valence-electron chi connectivity index (χ3n) is 3.88. The molecule has 3 rings (SSSR count). The number of rotatable bonds is 9. The van der Waals surface area contributed by atoms with Gasteiger partial charge >= 0.3 is 0 Å². The number of carbonyl (C=O) groups is 2. The molecule has 2 N–H and O–H groups in total. The molecule has 3 aromatic heterocycles. The Hall–Kier alpha value is -3.27. The zero-order valence-corrected chi connectivity index (χ0v) is 16.8. The fraction of sp³-hybridized carbons (Fsp3) is 0.316. The Morgan fingerprint density at radius 1 is 0.931 bits per heavy atom. The van der Waals surface area contributed by atoms with Crippen LogP contribution in [0.2, 0.25) is 0 Å². The van der Waals surface area contributed by atoms with E-state index in [9.17, 15) is 9.59 Å². The van der Waals surface area contributed by atoms with Gasteiger partial charge in [-0.3, -0.25) is 14.6 Å². The van der Waals surface area contributed by atoms with Gasteiger partial charge in [0.05, 0.1) is 12.1 Å². The number of unbranched alkanes of at least 4 members (excludes halogenated alkanes) is 1. The van der Waals surface area contributed by atoms with Gasteiger partial charge < -0.3 is 10.6 Å². The van der Waals surface area contributed by atoms with Gasteiger partial charge in [-0.2, -0.15) is 5.10 Å². The fourth-order valence-electron chi connectivity index (χ4n) is 2.55. The largest absolute Gasteiger partial charge is 0.309 e. The Bertz CT molecular complexity index is 945. The van der Waals surface area contributed by atoms with Crippen LogP contribution in [0.3, 0.4) is 0 Å². The third kappa shape index (κ3) is 7.00. The highest BCUT2D eigenvalue weighted by Gasteiger charge is 2.07. The second-order valence-electron chi connectivity index (χ2n) is 6.35. The molecule has 9 nitrogen and oxygen atoms in total. The number of aromatic nitrogens is 5. The van der Waals surface area contributed by atoms with Crippen molar-refractivity contribution in [1.29, 1.82) is 0 Å². The topological polar surface area (TPSA) is 123 Å². The zero-order valence-electron chi connectivity index (χ0n) is 16.0. The number of aryl methyl sites for hydroxylation is 2. The van der Waals surface area contributed by atoms with Crippen LogP contribution in [-0.4, -0.2) is 37.2 Å². The number of amides is 2. The summed E-state index contributed by atoms with van der Waals surface area (Å²) in [5.41, 5.74) is 1.57. The Labute approximate surface area is 172 Å². The van der Waals surface area contributed by atoms with E-state index < -0.39 is 0 Å². The predicted molar refractivity (Wildman–Crippen MR) is 109 cm³/mol. The highest BCUT2D eigenvalue weighted by atomic mass is 32.1. The lowest BCUT2D eigenvalue weighted by Gasteiger charge is -2.04. The lowest BCUT2D eigenvalue weighted by Crippen LogP contribution is -2.16. The lowest BCUT2D eigenvalue weighted by atomic mass is 10.1. The molecule has 0 spiro atoms. The molecule has 0 bridgehead atoms. The Morgan fingerprint density at radius 2 is 1.79 bits per heavy atom. The molecule has 0 atom stereocenters. The molecule has 0 aromatic carbocycles. The van der Waals surface area contributed by atoms with Crippen LogP contribution in [0.4, 0.5) is 10.9 Å². The number of hydrogen-bond donors (Lipinski definition) is 2. The summed E-state index contributed by atoms with van der Waals surface area (Å²) in [7, 11) is 0. The monoisotopic (exact) mass is 411 g/mol. The minimum absolute atomic E-state index is 0.150. The van der Waals surface area contributed by atoms with Crippen LogP contribution in [0, 0.1) is 0 Å². The van der Waals surface area contributed by atoms with E-state index in [-0.39, 0.29) is 18.2 Å². The summed E-state index contributed by atoms with van der Waals surface area (Å²) >= 11 is 1.39. The van der Waals surface area contributed by atoms with Gasteiger partial charge in [0.25, 0.3) is 0 Å². The first kappa shape index (κ1) is 20.5. The normalized spacial score (nSPS) is 10.5. The molecule has 2 amide bonds. The van der Waals surface area contributed by atoms with Crippen molar-refractivity contribution in [3.8, 4) is 0 Å². The van der Waals surface area contributed by atoms with Gasteiger partial charge in [0.2, 0.25) is 16.9 Å². The molecule has 150 valence electrons. The van der Waals surface area contributed by atoms with Crippen molar-refractivity contribution in [2.24, 2.45) is 0 Å². The molecular formula is C19H21N7O2S. The molecule has 3 aromatic rings. The Morgan fingerprint density at radius 3 is 2.52 bits per heavy atom. The van der Waals surface area contributed by atoms with Crippen molar-refractivity contribution in [3.63, 3.8) is 0 Å². The predicted octanol–water partition coefficient (Wildman–Crippen LogP) is 2.43. The van der Waals surface area contributed by atoms with Gasteiger partial charge in [-0.15, -0.1) is 15.3 Å². The van der Waals surface area contributed by atoms with E-state index in [1.807, 2.05) is 18.2 Å². The fourth-order valence-corrected chi connectivity index (χ4v) is 3.38. The maximum Gasteiger partial charge on any atom is 0.231 e. The number of pyridine rings is 1. The van der Waals surface area contributed by atoms with E-state index in [1.165, 1.54) is 18.3 Å². The molecule has 10 heteroatoms. The number of anilines is 2. The highest BCUT2D eigenvalue weighted by Crippen LogP contribution is 2.17. The first-order valence-corrected chi connectivity index (χ1v) is 10.0. The molecular weight excluding hydrogens is 390 g/mol. The van der Waals surface area contributed by atoms with Gasteiger partial charge in [0.1, 0.15) is 5.01 Å². The van der Waals surface area contributed by atoms with Crippen LogP contribution in [0.25, 0.3) is 0 Å². The van der Waals surface area contributed by atoms with E-state index in [4.69, 9.17) is 0 Å². The van der Waals surface area contributed by atoms with Crippen LogP contribution in [0.5, 0.6) is 0 Å². The summed E-state index contributed by atoms with van der Waals surface area (Å²) in [6, 6.07) is 9.07. The first-order valence-electron chi connectivity index (χ1n) is 9.21. The van der Waals surface area contributed by atoms with Crippen molar-refractivity contribution < 1.29 is 9.59 Å². The summed E-state index contributed by atoms with van der Waals surface area (Å²) in [4.78, 5) is 27.1. The molecule has 0 saturated carbocycles. The quantitative estimate of drug-likeness (QED) is 0.518. The number of nitrogens with zero attached hydrogens (tertiary/aromatic N) is 5. The van der Waals surface area contributed by atoms with Crippen LogP contribution >= 0.6 is 11.3 Å². The minimum atomic E-state index is -0.179. The SMILES string of the molecule is CC(=O)Nc1nnc(CCCCc2ccc(NC(=O)Cc3ccccn3)nn2)s1. The summed E-state index contributed by atoms with van der Waals surface area (Å²) in [5, 5.41) is 23.0. The number of carbonyl (C=O) groups excluding carboxylic acids is 2. The molecule has 0 aliphatic rings. The van der Waals surface area contributed by atoms with Crippen LogP contribution in [-0.2, 0) is 28.9 Å². The van der Waals surface area contributed by atoms with E-state index in [0.717, 1.165) is 36.4 Å². The van der Waals surface area contributed by atoms with Crippen LogP contribution < -0.4 is 10.6 Å².